The van der Waals surface area contributed by atoms with Crippen molar-refractivity contribution in [2.45, 2.75) is 46.1 Å². The summed E-state index contributed by atoms with van der Waals surface area (Å²) in [5.74, 6) is 2.73. The van der Waals surface area contributed by atoms with Gasteiger partial charge < -0.3 is 9.05 Å². The maximum atomic E-state index is 5.32. The molecule has 6 nitrogen and oxygen atoms in total. The van der Waals surface area contributed by atoms with E-state index in [9.17, 15) is 0 Å². The normalized spacial score (nSPS) is 20.4. The van der Waals surface area contributed by atoms with Gasteiger partial charge in [0.15, 0.2) is 5.82 Å². The molecule has 0 aliphatic carbocycles. The summed E-state index contributed by atoms with van der Waals surface area (Å²) < 4.78 is 10.6. The second-order valence-electron chi connectivity index (χ2n) is 5.56. The Bertz CT molecular complexity index is 570. The van der Waals surface area contributed by atoms with E-state index in [4.69, 9.17) is 9.05 Å². The van der Waals surface area contributed by atoms with Crippen molar-refractivity contribution in [1.29, 1.82) is 0 Å². The maximum Gasteiger partial charge on any atom is 0.231 e. The van der Waals surface area contributed by atoms with Gasteiger partial charge in [0.05, 0.1) is 11.6 Å². The van der Waals surface area contributed by atoms with Crippen LogP contribution in [0.3, 0.4) is 0 Å². The summed E-state index contributed by atoms with van der Waals surface area (Å²) in [6.07, 6.45) is 2.26. The molecular weight excluding hydrogens is 256 g/mol. The van der Waals surface area contributed by atoms with Gasteiger partial charge in [-0.2, -0.15) is 4.98 Å². The molecule has 1 atom stereocenters. The average Bonchev–Trinajstić information content (AvgIpc) is 3.00. The largest absolute Gasteiger partial charge is 0.361 e. The Morgan fingerprint density at radius 3 is 2.70 bits per heavy atom. The highest BCUT2D eigenvalue weighted by molar-refractivity contribution is 5.20. The zero-order chi connectivity index (χ0) is 14.1. The molecule has 0 radical (unpaired) electrons. The molecule has 1 fully saturated rings. The predicted octanol–water partition coefficient (Wildman–Crippen LogP) is 2.36. The molecule has 0 spiro atoms. The fourth-order valence-corrected chi connectivity index (χ4v) is 2.83. The predicted molar refractivity (Wildman–Crippen MR) is 72.3 cm³/mol. The molecule has 0 aromatic carbocycles. The zero-order valence-electron chi connectivity index (χ0n) is 12.2. The van der Waals surface area contributed by atoms with Gasteiger partial charge in [0, 0.05) is 18.7 Å². The number of likely N-dealkylation sites (tertiary alicyclic amines) is 1. The summed E-state index contributed by atoms with van der Waals surface area (Å²) in [6.45, 7) is 8.74. The summed E-state index contributed by atoms with van der Waals surface area (Å²) >= 11 is 0. The van der Waals surface area contributed by atoms with Gasteiger partial charge in [0.2, 0.25) is 5.89 Å². The van der Waals surface area contributed by atoms with E-state index in [0.29, 0.717) is 11.7 Å². The van der Waals surface area contributed by atoms with E-state index in [0.717, 1.165) is 49.8 Å². The minimum Gasteiger partial charge on any atom is -0.361 e. The first kappa shape index (κ1) is 13.3. The van der Waals surface area contributed by atoms with Crippen molar-refractivity contribution in [3.8, 4) is 0 Å². The van der Waals surface area contributed by atoms with Crippen LogP contribution in [0.2, 0.25) is 0 Å². The van der Waals surface area contributed by atoms with Crippen molar-refractivity contribution in [3.63, 3.8) is 0 Å². The Morgan fingerprint density at radius 1 is 1.20 bits per heavy atom. The number of hydrogen-bond acceptors (Lipinski definition) is 6. The summed E-state index contributed by atoms with van der Waals surface area (Å²) in [5, 5.41) is 7.91. The number of aryl methyl sites for hydroxylation is 3. The van der Waals surface area contributed by atoms with Gasteiger partial charge in [-0.1, -0.05) is 10.3 Å². The standard InChI is InChI=1S/C14H20N4O2/c1-9-13(10(2)19-16-9)8-18-6-4-5-12(7-18)14-15-11(3)17-20-14/h12H,4-8H2,1-3H3/t12-/m1/s1. The lowest BCUT2D eigenvalue weighted by atomic mass is 9.97. The number of rotatable bonds is 3. The van der Waals surface area contributed by atoms with Gasteiger partial charge in [-0.25, -0.2) is 0 Å². The number of nitrogens with zero attached hydrogens (tertiary/aromatic N) is 4. The summed E-state index contributed by atoms with van der Waals surface area (Å²) in [5.41, 5.74) is 2.19. The summed E-state index contributed by atoms with van der Waals surface area (Å²) in [6, 6.07) is 0. The van der Waals surface area contributed by atoms with Crippen LogP contribution in [-0.2, 0) is 6.54 Å². The van der Waals surface area contributed by atoms with Crippen LogP contribution in [0.5, 0.6) is 0 Å². The lowest BCUT2D eigenvalue weighted by molar-refractivity contribution is 0.179. The molecule has 0 N–H and O–H groups in total. The molecule has 20 heavy (non-hydrogen) atoms. The van der Waals surface area contributed by atoms with Crippen molar-refractivity contribution in [2.75, 3.05) is 13.1 Å². The molecule has 0 amide bonds. The van der Waals surface area contributed by atoms with Crippen molar-refractivity contribution in [2.24, 2.45) is 0 Å². The van der Waals surface area contributed by atoms with Crippen LogP contribution in [0.4, 0.5) is 0 Å². The highest BCUT2D eigenvalue weighted by Gasteiger charge is 2.26. The molecule has 2 aromatic rings. The van der Waals surface area contributed by atoms with E-state index in [1.807, 2.05) is 20.8 Å². The topological polar surface area (TPSA) is 68.2 Å². The van der Waals surface area contributed by atoms with Crippen LogP contribution in [0, 0.1) is 20.8 Å². The first-order valence-corrected chi connectivity index (χ1v) is 7.08. The monoisotopic (exact) mass is 276 g/mol. The quantitative estimate of drug-likeness (QED) is 0.857. The maximum absolute atomic E-state index is 5.32. The minimum absolute atomic E-state index is 0.338. The van der Waals surface area contributed by atoms with Gasteiger partial charge in [-0.05, 0) is 40.2 Å². The van der Waals surface area contributed by atoms with Crippen LogP contribution in [-0.4, -0.2) is 33.3 Å². The zero-order valence-corrected chi connectivity index (χ0v) is 12.2. The molecule has 0 unspecified atom stereocenters. The van der Waals surface area contributed by atoms with E-state index in [1.165, 1.54) is 5.56 Å². The second kappa shape index (κ2) is 5.36. The fraction of sp³-hybridized carbons (Fsp3) is 0.643. The molecule has 0 saturated carbocycles. The Balaban J connectivity index is 1.69. The molecule has 0 bridgehead atoms. The van der Waals surface area contributed by atoms with E-state index in [-0.39, 0.29) is 0 Å². The minimum atomic E-state index is 0.338. The molecule has 1 aliphatic rings. The van der Waals surface area contributed by atoms with Crippen LogP contribution in [0.15, 0.2) is 9.05 Å². The van der Waals surface area contributed by atoms with Gasteiger partial charge in [0.1, 0.15) is 5.76 Å². The van der Waals surface area contributed by atoms with Crippen LogP contribution in [0.25, 0.3) is 0 Å². The highest BCUT2D eigenvalue weighted by Crippen LogP contribution is 2.27. The lowest BCUT2D eigenvalue weighted by Gasteiger charge is -2.30. The molecule has 3 rings (SSSR count). The van der Waals surface area contributed by atoms with Crippen molar-refractivity contribution < 1.29 is 9.05 Å². The summed E-state index contributed by atoms with van der Waals surface area (Å²) in [7, 11) is 0. The van der Waals surface area contributed by atoms with Crippen LogP contribution < -0.4 is 0 Å². The Kier molecular flexibility index (Phi) is 3.56. The van der Waals surface area contributed by atoms with Gasteiger partial charge in [0.25, 0.3) is 0 Å². The van der Waals surface area contributed by atoms with Gasteiger partial charge >= 0.3 is 0 Å². The third kappa shape index (κ3) is 2.60. The molecule has 1 aliphatic heterocycles. The van der Waals surface area contributed by atoms with Crippen molar-refractivity contribution in [3.05, 3.63) is 28.7 Å². The molecule has 108 valence electrons. The Morgan fingerprint density at radius 2 is 2.05 bits per heavy atom. The van der Waals surface area contributed by atoms with Crippen molar-refractivity contribution in [1.82, 2.24) is 20.2 Å². The van der Waals surface area contributed by atoms with E-state index >= 15 is 0 Å². The number of hydrogen-bond donors (Lipinski definition) is 0. The van der Waals surface area contributed by atoms with E-state index in [1.54, 1.807) is 0 Å². The number of aromatic nitrogens is 3. The van der Waals surface area contributed by atoms with Crippen LogP contribution in [0.1, 0.15) is 47.5 Å². The highest BCUT2D eigenvalue weighted by atomic mass is 16.5. The fourth-order valence-electron chi connectivity index (χ4n) is 2.83. The first-order chi connectivity index (χ1) is 9.63. The lowest BCUT2D eigenvalue weighted by Crippen LogP contribution is -2.34. The van der Waals surface area contributed by atoms with E-state index in [2.05, 4.69) is 20.2 Å². The molecule has 1 saturated heterocycles. The molecule has 3 heterocycles. The van der Waals surface area contributed by atoms with Gasteiger partial charge in [-0.15, -0.1) is 0 Å². The van der Waals surface area contributed by atoms with Gasteiger partial charge in [-0.3, -0.25) is 4.90 Å². The smallest absolute Gasteiger partial charge is 0.231 e. The van der Waals surface area contributed by atoms with Crippen molar-refractivity contribution >= 4 is 0 Å². The summed E-state index contributed by atoms with van der Waals surface area (Å²) in [4.78, 5) is 6.78. The third-order valence-corrected chi connectivity index (χ3v) is 3.96. The Labute approximate surface area is 118 Å². The third-order valence-electron chi connectivity index (χ3n) is 3.96. The molecule has 6 heteroatoms. The average molecular weight is 276 g/mol. The molecule has 2 aromatic heterocycles. The second-order valence-corrected chi connectivity index (χ2v) is 5.56. The SMILES string of the molecule is Cc1noc([C@@H]2CCCN(Cc3c(C)noc3C)C2)n1. The van der Waals surface area contributed by atoms with E-state index < -0.39 is 0 Å². The number of piperidine rings is 1. The molecular formula is C14H20N4O2. The van der Waals surface area contributed by atoms with Crippen LogP contribution >= 0.6 is 0 Å². The Hall–Kier alpha value is -1.69. The first-order valence-electron chi connectivity index (χ1n) is 7.08.